The number of hydrogen-bond acceptors (Lipinski definition) is 7. The maximum absolute atomic E-state index is 13.2. The Balaban J connectivity index is 1.34. The van der Waals surface area contributed by atoms with E-state index in [-0.39, 0.29) is 19.7 Å². The van der Waals surface area contributed by atoms with E-state index in [9.17, 15) is 19.2 Å². The lowest BCUT2D eigenvalue weighted by Crippen LogP contribution is -2.49. The van der Waals surface area contributed by atoms with Gasteiger partial charge in [-0.2, -0.15) is 0 Å². The van der Waals surface area contributed by atoms with Crippen molar-refractivity contribution >= 4 is 23.8 Å². The molecule has 0 aliphatic carbocycles. The number of para-hydroxylation sites is 1. The van der Waals surface area contributed by atoms with Crippen LogP contribution in [-0.4, -0.2) is 57.9 Å². The van der Waals surface area contributed by atoms with E-state index in [0.717, 1.165) is 5.56 Å². The molecule has 2 bridgehead atoms. The van der Waals surface area contributed by atoms with Gasteiger partial charge in [-0.05, 0) is 37.0 Å². The molecular weight excluding hydrogens is 490 g/mol. The van der Waals surface area contributed by atoms with E-state index < -0.39 is 29.9 Å². The number of alkyl carbamates (subject to hydrolysis) is 1. The third-order valence-corrected chi connectivity index (χ3v) is 5.85. The molecule has 4 N–H and O–H groups in total. The van der Waals surface area contributed by atoms with Crippen LogP contribution in [0, 0.1) is 0 Å². The Morgan fingerprint density at radius 2 is 1.79 bits per heavy atom. The first-order valence-electron chi connectivity index (χ1n) is 12.3. The lowest BCUT2D eigenvalue weighted by Gasteiger charge is -2.19. The Bertz CT molecular complexity index is 1280. The van der Waals surface area contributed by atoms with Gasteiger partial charge in [0.1, 0.15) is 18.3 Å². The summed E-state index contributed by atoms with van der Waals surface area (Å²) in [6.07, 6.45) is 2.48. The van der Waals surface area contributed by atoms with Crippen LogP contribution in [0.2, 0.25) is 0 Å². The second kappa shape index (κ2) is 13.0. The van der Waals surface area contributed by atoms with Crippen LogP contribution in [0.25, 0.3) is 5.69 Å². The van der Waals surface area contributed by atoms with Gasteiger partial charge in [0.05, 0.1) is 30.5 Å². The van der Waals surface area contributed by atoms with Gasteiger partial charge in [0, 0.05) is 6.54 Å². The Labute approximate surface area is 219 Å². The summed E-state index contributed by atoms with van der Waals surface area (Å²) in [5, 5.41) is 18.8. The standard InChI is InChI=1S/C26H29N7O5/c34-23-15-29-25(36)21(11-6-7-13-27-26(37)38-17-18-8-2-1-3-9-18)30-24(35)20-10-4-5-12-22(20)33-16-19(14-28-23)31-32-33/h1-5,8-10,12,16,21H,6-7,11,13-15,17H2,(H,27,37)(H,28,34)(H,29,36)(H,30,35)/t21-/m0/s1. The molecule has 38 heavy (non-hydrogen) atoms. The predicted molar refractivity (Wildman–Crippen MR) is 136 cm³/mol. The highest BCUT2D eigenvalue weighted by molar-refractivity contribution is 6.00. The van der Waals surface area contributed by atoms with Crippen molar-refractivity contribution in [2.45, 2.75) is 38.5 Å². The lowest BCUT2D eigenvalue weighted by atomic mass is 10.1. The van der Waals surface area contributed by atoms with Gasteiger partial charge in [-0.3, -0.25) is 14.4 Å². The fourth-order valence-electron chi connectivity index (χ4n) is 3.85. The fraction of sp³-hybridized carbons (Fsp3) is 0.308. The number of ether oxygens (including phenoxy) is 1. The van der Waals surface area contributed by atoms with Gasteiger partial charge >= 0.3 is 6.09 Å². The van der Waals surface area contributed by atoms with Crippen molar-refractivity contribution in [3.05, 3.63) is 77.6 Å². The molecule has 0 spiro atoms. The molecule has 1 aromatic heterocycles. The Morgan fingerprint density at radius 3 is 2.63 bits per heavy atom. The van der Waals surface area contributed by atoms with Crippen molar-refractivity contribution in [2.75, 3.05) is 13.1 Å². The molecule has 2 aromatic carbocycles. The molecule has 0 saturated carbocycles. The van der Waals surface area contributed by atoms with Crippen molar-refractivity contribution < 1.29 is 23.9 Å². The molecule has 1 aliphatic rings. The number of carbonyl (C=O) groups is 4. The smallest absolute Gasteiger partial charge is 0.407 e. The van der Waals surface area contributed by atoms with E-state index in [4.69, 9.17) is 4.74 Å². The van der Waals surface area contributed by atoms with Crippen LogP contribution in [0.15, 0.2) is 60.8 Å². The Morgan fingerprint density at radius 1 is 1.00 bits per heavy atom. The molecule has 0 fully saturated rings. The van der Waals surface area contributed by atoms with Crippen molar-refractivity contribution in [1.82, 2.24) is 36.3 Å². The second-order valence-corrected chi connectivity index (χ2v) is 8.68. The van der Waals surface area contributed by atoms with Gasteiger partial charge < -0.3 is 26.0 Å². The van der Waals surface area contributed by atoms with Gasteiger partial charge in [-0.1, -0.05) is 47.7 Å². The first-order chi connectivity index (χ1) is 18.5. The zero-order valence-corrected chi connectivity index (χ0v) is 20.7. The van der Waals surface area contributed by atoms with Crippen LogP contribution in [0.1, 0.15) is 40.9 Å². The van der Waals surface area contributed by atoms with Crippen LogP contribution >= 0.6 is 0 Å². The summed E-state index contributed by atoms with van der Waals surface area (Å²) in [5.74, 6) is -1.33. The van der Waals surface area contributed by atoms with Crippen molar-refractivity contribution in [3.8, 4) is 5.69 Å². The molecule has 0 unspecified atom stereocenters. The molecule has 4 rings (SSSR count). The van der Waals surface area contributed by atoms with E-state index in [1.54, 1.807) is 30.5 Å². The normalized spacial score (nSPS) is 15.8. The number of rotatable bonds is 7. The van der Waals surface area contributed by atoms with E-state index >= 15 is 0 Å². The topological polar surface area (TPSA) is 156 Å². The summed E-state index contributed by atoms with van der Waals surface area (Å²) in [6.45, 7) is 0.402. The second-order valence-electron chi connectivity index (χ2n) is 8.68. The first-order valence-corrected chi connectivity index (χ1v) is 12.3. The zero-order valence-electron chi connectivity index (χ0n) is 20.7. The average Bonchev–Trinajstić information content (AvgIpc) is 3.42. The van der Waals surface area contributed by atoms with E-state index in [1.807, 2.05) is 30.3 Å². The summed E-state index contributed by atoms with van der Waals surface area (Å²) in [5.41, 5.74) is 2.21. The minimum atomic E-state index is -0.886. The summed E-state index contributed by atoms with van der Waals surface area (Å²) in [6, 6.07) is 15.3. The molecule has 0 radical (unpaired) electrons. The predicted octanol–water partition coefficient (Wildman–Crippen LogP) is 1.21. The average molecular weight is 520 g/mol. The van der Waals surface area contributed by atoms with E-state index in [2.05, 4.69) is 31.6 Å². The molecule has 1 atom stereocenters. The molecule has 198 valence electrons. The minimum Gasteiger partial charge on any atom is -0.445 e. The van der Waals surface area contributed by atoms with E-state index in [0.29, 0.717) is 42.8 Å². The monoisotopic (exact) mass is 519 g/mol. The van der Waals surface area contributed by atoms with Gasteiger partial charge in [-0.15, -0.1) is 5.10 Å². The highest BCUT2D eigenvalue weighted by Crippen LogP contribution is 2.15. The quantitative estimate of drug-likeness (QED) is 0.342. The minimum absolute atomic E-state index is 0.132. The van der Waals surface area contributed by atoms with Crippen molar-refractivity contribution in [2.24, 2.45) is 0 Å². The molecule has 12 nitrogen and oxygen atoms in total. The number of benzene rings is 2. The van der Waals surface area contributed by atoms with Crippen molar-refractivity contribution in [3.63, 3.8) is 0 Å². The number of aromatic nitrogens is 3. The van der Waals surface area contributed by atoms with Gasteiger partial charge in [-0.25, -0.2) is 9.48 Å². The van der Waals surface area contributed by atoms with Gasteiger partial charge in [0.25, 0.3) is 5.91 Å². The summed E-state index contributed by atoms with van der Waals surface area (Å²) in [4.78, 5) is 50.1. The zero-order chi connectivity index (χ0) is 26.7. The number of hydrogen-bond donors (Lipinski definition) is 4. The highest BCUT2D eigenvalue weighted by atomic mass is 16.5. The number of fused-ring (bicyclic) bond motifs is 4. The number of unbranched alkanes of at least 4 members (excludes halogenated alkanes) is 1. The maximum Gasteiger partial charge on any atom is 0.407 e. The molecule has 0 saturated heterocycles. The Kier molecular flexibility index (Phi) is 9.00. The number of nitrogens with zero attached hydrogens (tertiary/aromatic N) is 3. The summed E-state index contributed by atoms with van der Waals surface area (Å²) in [7, 11) is 0. The van der Waals surface area contributed by atoms with Crippen LogP contribution in [0.5, 0.6) is 0 Å². The van der Waals surface area contributed by atoms with Crippen molar-refractivity contribution in [1.29, 1.82) is 0 Å². The number of nitrogens with one attached hydrogen (secondary N) is 4. The third-order valence-electron chi connectivity index (χ3n) is 5.85. The van der Waals surface area contributed by atoms with Crippen LogP contribution in [-0.2, 0) is 27.5 Å². The summed E-state index contributed by atoms with van der Waals surface area (Å²) < 4.78 is 6.64. The third kappa shape index (κ3) is 7.38. The molecule has 1 aliphatic heterocycles. The van der Waals surface area contributed by atoms with E-state index in [1.165, 1.54) is 4.68 Å². The number of carbonyl (C=O) groups excluding carboxylic acids is 4. The molecule has 4 amide bonds. The lowest BCUT2D eigenvalue weighted by molar-refractivity contribution is -0.127. The SMILES string of the molecule is O=C1CNC(=O)[C@H](CCCCNC(=O)OCc2ccccc2)NC(=O)c2ccccc2-n2cc(nn2)CN1. The first kappa shape index (κ1) is 26.3. The largest absolute Gasteiger partial charge is 0.445 e. The number of amides is 4. The Hall–Kier alpha value is -4.74. The van der Waals surface area contributed by atoms with Crippen LogP contribution in [0.3, 0.4) is 0 Å². The molecule has 2 heterocycles. The maximum atomic E-state index is 13.2. The molecule has 12 heteroatoms. The van der Waals surface area contributed by atoms with Gasteiger partial charge in [0.2, 0.25) is 11.8 Å². The summed E-state index contributed by atoms with van der Waals surface area (Å²) >= 11 is 0. The van der Waals surface area contributed by atoms with Crippen LogP contribution in [0.4, 0.5) is 4.79 Å². The van der Waals surface area contributed by atoms with Gasteiger partial charge in [0.15, 0.2) is 0 Å². The fourth-order valence-corrected chi connectivity index (χ4v) is 3.85. The molecule has 3 aromatic rings. The van der Waals surface area contributed by atoms with Crippen LogP contribution < -0.4 is 21.3 Å². The molecular formula is C26H29N7O5. The highest BCUT2D eigenvalue weighted by Gasteiger charge is 2.24.